The number of aliphatic imine (C=N–C) groups is 1. The molecule has 0 saturated heterocycles. The van der Waals surface area contributed by atoms with Gasteiger partial charge in [-0.2, -0.15) is 0 Å². The Kier molecular flexibility index (Phi) is 10.2. The van der Waals surface area contributed by atoms with Crippen LogP contribution in [0.15, 0.2) is 4.99 Å². The third-order valence-corrected chi connectivity index (χ3v) is 3.46. The molecule has 0 aliphatic carbocycles. The lowest BCUT2D eigenvalue weighted by atomic mass is 10.4. The van der Waals surface area contributed by atoms with Crippen molar-refractivity contribution in [3.63, 3.8) is 0 Å². The molecule has 0 saturated carbocycles. The number of halogens is 1. The minimum absolute atomic E-state index is 0. The molecule has 5 nitrogen and oxygen atoms in total. The number of thiazole rings is 1. The predicted octanol–water partition coefficient (Wildman–Crippen LogP) is 2.08. The number of nitrogens with zero attached hydrogens (tertiary/aromatic N) is 2. The fourth-order valence-electron chi connectivity index (χ4n) is 1.51. The van der Waals surface area contributed by atoms with Crippen LogP contribution in [0.2, 0.25) is 0 Å². The normalized spacial score (nSPS) is 11.1. The van der Waals surface area contributed by atoms with Crippen LogP contribution in [0.4, 0.5) is 0 Å². The van der Waals surface area contributed by atoms with Crippen LogP contribution >= 0.6 is 35.3 Å². The molecule has 0 fully saturated rings. The summed E-state index contributed by atoms with van der Waals surface area (Å²) in [5, 5.41) is 7.57. The number of aromatic nitrogens is 1. The van der Waals surface area contributed by atoms with Crippen molar-refractivity contribution in [2.24, 2.45) is 4.99 Å². The molecule has 0 aliphatic heterocycles. The van der Waals surface area contributed by atoms with E-state index in [-0.39, 0.29) is 24.0 Å². The lowest BCUT2D eigenvalue weighted by Gasteiger charge is -2.11. The van der Waals surface area contributed by atoms with E-state index in [1.807, 2.05) is 20.8 Å². The average Bonchev–Trinajstić information content (AvgIpc) is 2.67. The molecular weight excluding hydrogens is 375 g/mol. The van der Waals surface area contributed by atoms with Crippen molar-refractivity contribution in [1.29, 1.82) is 0 Å². The SMILES string of the molecule is CCOCCNC(=NC)NCc1sc(C)nc1C.I. The zero-order valence-corrected chi connectivity index (χ0v) is 15.1. The maximum absolute atomic E-state index is 5.26. The van der Waals surface area contributed by atoms with E-state index >= 15 is 0 Å². The Morgan fingerprint density at radius 3 is 2.63 bits per heavy atom. The molecule has 110 valence electrons. The van der Waals surface area contributed by atoms with Crippen molar-refractivity contribution < 1.29 is 4.74 Å². The van der Waals surface area contributed by atoms with Gasteiger partial charge in [-0.3, -0.25) is 4.99 Å². The second kappa shape index (κ2) is 10.4. The number of hydrogen-bond acceptors (Lipinski definition) is 4. The van der Waals surface area contributed by atoms with E-state index in [9.17, 15) is 0 Å². The second-order valence-corrected chi connectivity index (χ2v) is 5.08. The van der Waals surface area contributed by atoms with E-state index < -0.39 is 0 Å². The van der Waals surface area contributed by atoms with Gasteiger partial charge in [-0.1, -0.05) is 0 Å². The molecule has 19 heavy (non-hydrogen) atoms. The monoisotopic (exact) mass is 398 g/mol. The van der Waals surface area contributed by atoms with E-state index in [2.05, 4.69) is 20.6 Å². The van der Waals surface area contributed by atoms with Crippen LogP contribution in [-0.2, 0) is 11.3 Å². The summed E-state index contributed by atoms with van der Waals surface area (Å²) in [5.74, 6) is 0.792. The van der Waals surface area contributed by atoms with Crippen molar-refractivity contribution >= 4 is 41.3 Å². The summed E-state index contributed by atoms with van der Waals surface area (Å²) in [7, 11) is 1.76. The summed E-state index contributed by atoms with van der Waals surface area (Å²) < 4.78 is 5.26. The van der Waals surface area contributed by atoms with Crippen LogP contribution in [0.25, 0.3) is 0 Å². The summed E-state index contributed by atoms with van der Waals surface area (Å²) in [6.07, 6.45) is 0. The maximum atomic E-state index is 5.26. The Balaban J connectivity index is 0.00000324. The number of ether oxygens (including phenoxy) is 1. The van der Waals surface area contributed by atoms with E-state index in [1.165, 1.54) is 4.88 Å². The number of nitrogens with one attached hydrogen (secondary N) is 2. The van der Waals surface area contributed by atoms with Crippen molar-refractivity contribution in [3.8, 4) is 0 Å². The molecule has 1 aromatic rings. The summed E-state index contributed by atoms with van der Waals surface area (Å²) in [4.78, 5) is 9.81. The first-order valence-electron chi connectivity index (χ1n) is 6.12. The van der Waals surface area contributed by atoms with Crippen LogP contribution < -0.4 is 10.6 Å². The maximum Gasteiger partial charge on any atom is 0.191 e. The molecule has 7 heteroatoms. The summed E-state index contributed by atoms with van der Waals surface area (Å²) >= 11 is 1.72. The summed E-state index contributed by atoms with van der Waals surface area (Å²) in [6.45, 7) is 8.99. The lowest BCUT2D eigenvalue weighted by Crippen LogP contribution is -2.38. The Morgan fingerprint density at radius 1 is 1.37 bits per heavy atom. The summed E-state index contributed by atoms with van der Waals surface area (Å²) in [5.41, 5.74) is 1.09. The quantitative estimate of drug-likeness (QED) is 0.334. The molecule has 0 atom stereocenters. The van der Waals surface area contributed by atoms with Crippen molar-refractivity contribution in [1.82, 2.24) is 15.6 Å². The van der Waals surface area contributed by atoms with Crippen LogP contribution in [0.5, 0.6) is 0 Å². The molecule has 0 aromatic carbocycles. The van der Waals surface area contributed by atoms with Crippen molar-refractivity contribution in [2.75, 3.05) is 26.8 Å². The van der Waals surface area contributed by atoms with E-state index in [1.54, 1.807) is 18.4 Å². The Bertz CT molecular complexity index is 395. The Hall–Kier alpha value is -0.410. The summed E-state index contributed by atoms with van der Waals surface area (Å²) in [6, 6.07) is 0. The van der Waals surface area contributed by atoms with Gasteiger partial charge in [-0.05, 0) is 20.8 Å². The first-order chi connectivity index (χ1) is 8.67. The first kappa shape index (κ1) is 18.6. The second-order valence-electron chi connectivity index (χ2n) is 3.79. The highest BCUT2D eigenvalue weighted by molar-refractivity contribution is 14.0. The molecule has 0 unspecified atom stereocenters. The molecule has 1 aromatic heterocycles. The van der Waals surface area contributed by atoms with Gasteiger partial charge in [0.1, 0.15) is 0 Å². The molecule has 0 radical (unpaired) electrons. The standard InChI is InChI=1S/C12H22N4OS.HI/c1-5-17-7-6-14-12(13-4)15-8-11-9(2)16-10(3)18-11;/h5-8H2,1-4H3,(H2,13,14,15);1H. The number of hydrogen-bond donors (Lipinski definition) is 2. The fraction of sp³-hybridized carbons (Fsp3) is 0.667. The van der Waals surface area contributed by atoms with Gasteiger partial charge in [-0.25, -0.2) is 4.98 Å². The van der Waals surface area contributed by atoms with Crippen LogP contribution in [-0.4, -0.2) is 37.7 Å². The third-order valence-electron chi connectivity index (χ3n) is 2.38. The topological polar surface area (TPSA) is 58.5 Å². The number of rotatable bonds is 6. The Labute approximate surface area is 136 Å². The number of aryl methyl sites for hydroxylation is 2. The molecular formula is C12H23IN4OS. The zero-order chi connectivity index (χ0) is 13.4. The molecule has 1 heterocycles. The van der Waals surface area contributed by atoms with Crippen LogP contribution in [0.1, 0.15) is 22.5 Å². The van der Waals surface area contributed by atoms with Crippen molar-refractivity contribution in [3.05, 3.63) is 15.6 Å². The molecule has 0 bridgehead atoms. The lowest BCUT2D eigenvalue weighted by molar-refractivity contribution is 0.152. The molecule has 2 N–H and O–H groups in total. The predicted molar refractivity (Wildman–Crippen MR) is 91.7 cm³/mol. The van der Waals surface area contributed by atoms with E-state index in [4.69, 9.17) is 4.74 Å². The smallest absolute Gasteiger partial charge is 0.191 e. The van der Waals surface area contributed by atoms with Crippen LogP contribution in [0.3, 0.4) is 0 Å². The van der Waals surface area contributed by atoms with Gasteiger partial charge in [0.05, 0.1) is 23.9 Å². The third kappa shape index (κ3) is 7.07. The highest BCUT2D eigenvalue weighted by atomic mass is 127. The average molecular weight is 398 g/mol. The van der Waals surface area contributed by atoms with Gasteiger partial charge < -0.3 is 15.4 Å². The molecule has 0 aliphatic rings. The largest absolute Gasteiger partial charge is 0.380 e. The van der Waals surface area contributed by atoms with Gasteiger partial charge in [0.15, 0.2) is 5.96 Å². The minimum atomic E-state index is 0. The van der Waals surface area contributed by atoms with E-state index in [0.29, 0.717) is 6.61 Å². The highest BCUT2D eigenvalue weighted by Gasteiger charge is 2.05. The van der Waals surface area contributed by atoms with Crippen LogP contribution in [0, 0.1) is 13.8 Å². The Morgan fingerprint density at radius 2 is 2.11 bits per heavy atom. The van der Waals surface area contributed by atoms with Gasteiger partial charge in [0.25, 0.3) is 0 Å². The minimum Gasteiger partial charge on any atom is -0.380 e. The van der Waals surface area contributed by atoms with Gasteiger partial charge >= 0.3 is 0 Å². The first-order valence-corrected chi connectivity index (χ1v) is 6.94. The fourth-order valence-corrected chi connectivity index (χ4v) is 2.38. The highest BCUT2D eigenvalue weighted by Crippen LogP contribution is 2.16. The van der Waals surface area contributed by atoms with Crippen molar-refractivity contribution in [2.45, 2.75) is 27.3 Å². The van der Waals surface area contributed by atoms with Gasteiger partial charge in [-0.15, -0.1) is 35.3 Å². The zero-order valence-electron chi connectivity index (χ0n) is 11.9. The van der Waals surface area contributed by atoms with Gasteiger partial charge in [0, 0.05) is 25.1 Å². The van der Waals surface area contributed by atoms with Gasteiger partial charge in [0.2, 0.25) is 0 Å². The number of guanidine groups is 1. The van der Waals surface area contributed by atoms with E-state index in [0.717, 1.165) is 36.4 Å². The molecule has 0 spiro atoms. The molecule has 0 amide bonds. The molecule has 1 rings (SSSR count).